The number of hydrogen-bond acceptors (Lipinski definition) is 6. The maximum absolute atomic E-state index is 13.3. The number of rotatable bonds is 8. The van der Waals surface area contributed by atoms with E-state index in [4.69, 9.17) is 14.2 Å². The molecule has 1 heterocycles. The first kappa shape index (κ1) is 22.0. The van der Waals surface area contributed by atoms with Crippen LogP contribution in [0.25, 0.3) is 0 Å². The summed E-state index contributed by atoms with van der Waals surface area (Å²) in [6.07, 6.45) is 4.22. The van der Waals surface area contributed by atoms with Crippen molar-refractivity contribution >= 4 is 27.9 Å². The third kappa shape index (κ3) is 4.53. The predicted molar refractivity (Wildman–Crippen MR) is 129 cm³/mol. The van der Waals surface area contributed by atoms with E-state index in [1.54, 1.807) is 32.7 Å². The molecule has 0 unspecified atom stereocenters. The number of amides is 1. The van der Waals surface area contributed by atoms with E-state index >= 15 is 0 Å². The Labute approximate surface area is 192 Å². The van der Waals surface area contributed by atoms with Crippen molar-refractivity contribution in [2.24, 2.45) is 0 Å². The summed E-state index contributed by atoms with van der Waals surface area (Å²) < 4.78 is 16.2. The van der Waals surface area contributed by atoms with Crippen molar-refractivity contribution in [1.82, 2.24) is 0 Å². The third-order valence-electron chi connectivity index (χ3n) is 5.67. The lowest BCUT2D eigenvalue weighted by Crippen LogP contribution is -2.16. The number of thiophene rings is 1. The average Bonchev–Trinajstić information content (AvgIpc) is 3.21. The van der Waals surface area contributed by atoms with E-state index in [-0.39, 0.29) is 5.91 Å². The summed E-state index contributed by atoms with van der Waals surface area (Å²) >= 11 is 1.69. The van der Waals surface area contributed by atoms with Gasteiger partial charge < -0.3 is 24.8 Å². The Kier molecular flexibility index (Phi) is 6.85. The van der Waals surface area contributed by atoms with Crippen LogP contribution >= 0.6 is 11.3 Å². The van der Waals surface area contributed by atoms with Gasteiger partial charge in [-0.1, -0.05) is 12.1 Å². The van der Waals surface area contributed by atoms with Gasteiger partial charge in [0.2, 0.25) is 0 Å². The number of fused-ring (bicyclic) bond motifs is 1. The summed E-state index contributed by atoms with van der Waals surface area (Å²) in [5.41, 5.74) is 3.64. The quantitative estimate of drug-likeness (QED) is 0.471. The molecule has 0 atom stereocenters. The van der Waals surface area contributed by atoms with Gasteiger partial charge in [0, 0.05) is 22.7 Å². The maximum Gasteiger partial charge on any atom is 0.258 e. The van der Waals surface area contributed by atoms with Crippen LogP contribution in [-0.4, -0.2) is 27.2 Å². The Morgan fingerprint density at radius 3 is 2.47 bits per heavy atom. The summed E-state index contributed by atoms with van der Waals surface area (Å²) in [4.78, 5) is 14.6. The first-order chi connectivity index (χ1) is 15.6. The molecule has 6 nitrogen and oxygen atoms in total. The van der Waals surface area contributed by atoms with E-state index < -0.39 is 0 Å². The average molecular weight is 453 g/mol. The number of anilines is 2. The van der Waals surface area contributed by atoms with E-state index in [0.29, 0.717) is 18.0 Å². The number of benzene rings is 2. The zero-order valence-electron chi connectivity index (χ0n) is 18.6. The minimum atomic E-state index is -0.0883. The van der Waals surface area contributed by atoms with E-state index in [2.05, 4.69) is 10.6 Å². The second-order valence-electron chi connectivity index (χ2n) is 7.60. The monoisotopic (exact) mass is 452 g/mol. The van der Waals surface area contributed by atoms with Crippen LogP contribution in [0.2, 0.25) is 0 Å². The van der Waals surface area contributed by atoms with Crippen LogP contribution in [0, 0.1) is 0 Å². The normalized spacial score (nSPS) is 12.6. The summed E-state index contributed by atoms with van der Waals surface area (Å²) in [6.45, 7) is 0.530. The molecular formula is C25H28N2O4S. The molecular weight excluding hydrogens is 424 g/mol. The number of carbonyl (C=O) groups is 1. The third-order valence-corrected chi connectivity index (χ3v) is 6.92. The molecule has 0 fully saturated rings. The van der Waals surface area contributed by atoms with Crippen molar-refractivity contribution in [2.75, 3.05) is 32.0 Å². The molecule has 7 heteroatoms. The molecule has 3 aromatic rings. The zero-order valence-corrected chi connectivity index (χ0v) is 19.4. The van der Waals surface area contributed by atoms with Gasteiger partial charge in [0.05, 0.1) is 26.9 Å². The number of aryl methyl sites for hydroxylation is 1. The Balaban J connectivity index is 1.60. The fourth-order valence-electron chi connectivity index (χ4n) is 4.07. The van der Waals surface area contributed by atoms with Crippen LogP contribution in [0.15, 0.2) is 42.5 Å². The largest absolute Gasteiger partial charge is 0.497 e. The minimum absolute atomic E-state index is 0.0883. The molecule has 0 bridgehead atoms. The van der Waals surface area contributed by atoms with E-state index in [1.165, 1.54) is 10.4 Å². The van der Waals surface area contributed by atoms with E-state index in [9.17, 15) is 4.79 Å². The van der Waals surface area contributed by atoms with Crippen molar-refractivity contribution in [3.05, 3.63) is 64.0 Å². The van der Waals surface area contributed by atoms with Gasteiger partial charge in [0.25, 0.3) is 5.91 Å². The molecule has 2 aromatic carbocycles. The Morgan fingerprint density at radius 1 is 0.969 bits per heavy atom. The molecule has 0 saturated heterocycles. The highest BCUT2D eigenvalue weighted by Gasteiger charge is 2.25. The van der Waals surface area contributed by atoms with Crippen molar-refractivity contribution in [3.63, 3.8) is 0 Å². The van der Waals surface area contributed by atoms with Crippen LogP contribution in [-0.2, 0) is 19.4 Å². The first-order valence-corrected chi connectivity index (χ1v) is 11.5. The smallest absolute Gasteiger partial charge is 0.258 e. The lowest BCUT2D eigenvalue weighted by atomic mass is 9.95. The molecule has 1 aliphatic carbocycles. The standard InChI is InChI=1S/C25H28N2O4S/c1-29-18-13-11-17(12-14-18)27-24(28)22-19-8-4-5-10-21(19)32-25(22)26-15-16-7-6-9-20(30-2)23(16)31-3/h6-7,9,11-14,26H,4-5,8,10,15H2,1-3H3,(H,27,28). The summed E-state index contributed by atoms with van der Waals surface area (Å²) in [5, 5.41) is 7.45. The summed E-state index contributed by atoms with van der Waals surface area (Å²) in [7, 11) is 4.89. The van der Waals surface area contributed by atoms with Crippen LogP contribution in [0.5, 0.6) is 17.2 Å². The Morgan fingerprint density at radius 2 is 1.75 bits per heavy atom. The second-order valence-corrected chi connectivity index (χ2v) is 8.71. The summed E-state index contributed by atoms with van der Waals surface area (Å²) in [5.74, 6) is 2.06. The maximum atomic E-state index is 13.3. The number of hydrogen-bond donors (Lipinski definition) is 2. The van der Waals surface area contributed by atoms with Crippen LogP contribution < -0.4 is 24.8 Å². The molecule has 0 saturated carbocycles. The number of ether oxygens (including phenoxy) is 3. The van der Waals surface area contributed by atoms with E-state index in [0.717, 1.165) is 53.2 Å². The number of para-hydroxylation sites is 1. The minimum Gasteiger partial charge on any atom is -0.497 e. The van der Waals surface area contributed by atoms with Gasteiger partial charge in [0.1, 0.15) is 10.8 Å². The molecule has 4 rings (SSSR count). The second kappa shape index (κ2) is 9.96. The molecule has 0 radical (unpaired) electrons. The van der Waals surface area contributed by atoms with Crippen molar-refractivity contribution < 1.29 is 19.0 Å². The molecule has 32 heavy (non-hydrogen) atoms. The lowest BCUT2D eigenvalue weighted by Gasteiger charge is -2.15. The molecule has 0 spiro atoms. The van der Waals surface area contributed by atoms with Crippen LogP contribution in [0.1, 0.15) is 39.2 Å². The molecule has 2 N–H and O–H groups in total. The SMILES string of the molecule is COc1ccc(NC(=O)c2c(NCc3cccc(OC)c3OC)sc3c2CCCC3)cc1. The number of methoxy groups -OCH3 is 3. The highest BCUT2D eigenvalue weighted by atomic mass is 32.1. The topological polar surface area (TPSA) is 68.8 Å². The zero-order chi connectivity index (χ0) is 22.5. The van der Waals surface area contributed by atoms with Gasteiger partial charge in [-0.25, -0.2) is 0 Å². The van der Waals surface area contributed by atoms with Gasteiger partial charge in [-0.05, 0) is 61.6 Å². The number of carbonyl (C=O) groups excluding carboxylic acids is 1. The fourth-order valence-corrected chi connectivity index (χ4v) is 5.35. The van der Waals surface area contributed by atoms with E-state index in [1.807, 2.05) is 42.5 Å². The van der Waals surface area contributed by atoms with Crippen molar-refractivity contribution in [2.45, 2.75) is 32.2 Å². The van der Waals surface area contributed by atoms with Gasteiger partial charge >= 0.3 is 0 Å². The van der Waals surface area contributed by atoms with Crippen molar-refractivity contribution in [3.8, 4) is 17.2 Å². The van der Waals surface area contributed by atoms with Gasteiger partial charge in [-0.3, -0.25) is 4.79 Å². The summed E-state index contributed by atoms with van der Waals surface area (Å²) in [6, 6.07) is 13.2. The first-order valence-electron chi connectivity index (χ1n) is 10.7. The molecule has 0 aliphatic heterocycles. The Hall–Kier alpha value is -3.19. The Bertz CT molecular complexity index is 1090. The van der Waals surface area contributed by atoms with Gasteiger partial charge in [-0.15, -0.1) is 11.3 Å². The predicted octanol–water partition coefficient (Wildman–Crippen LogP) is 5.52. The molecule has 1 aliphatic rings. The molecule has 168 valence electrons. The van der Waals surface area contributed by atoms with Crippen LogP contribution in [0.3, 0.4) is 0 Å². The molecule has 1 aromatic heterocycles. The number of nitrogens with one attached hydrogen (secondary N) is 2. The highest BCUT2D eigenvalue weighted by molar-refractivity contribution is 7.16. The molecule has 1 amide bonds. The lowest BCUT2D eigenvalue weighted by molar-refractivity contribution is 0.102. The van der Waals surface area contributed by atoms with Crippen molar-refractivity contribution in [1.29, 1.82) is 0 Å². The fraction of sp³-hybridized carbons (Fsp3) is 0.320. The van der Waals surface area contributed by atoms with Gasteiger partial charge in [-0.2, -0.15) is 0 Å². The highest BCUT2D eigenvalue weighted by Crippen LogP contribution is 2.39. The van der Waals surface area contributed by atoms with Gasteiger partial charge in [0.15, 0.2) is 11.5 Å². The van der Waals surface area contributed by atoms with Crippen LogP contribution in [0.4, 0.5) is 10.7 Å².